The monoisotopic (exact) mass is 405 g/mol. The second kappa shape index (κ2) is 7.02. The van der Waals surface area contributed by atoms with Crippen molar-refractivity contribution in [2.75, 3.05) is 6.54 Å². The van der Waals surface area contributed by atoms with Gasteiger partial charge in [-0.25, -0.2) is 4.98 Å². The molecule has 0 atom stereocenters. The zero-order valence-electron chi connectivity index (χ0n) is 15.5. The average Bonchev–Trinajstić information content (AvgIpc) is 3.40. The molecule has 10 heteroatoms. The van der Waals surface area contributed by atoms with Crippen LogP contribution in [0.3, 0.4) is 0 Å². The summed E-state index contributed by atoms with van der Waals surface area (Å²) in [5, 5.41) is 6.33. The Labute approximate surface area is 163 Å². The van der Waals surface area contributed by atoms with Crippen LogP contribution in [0.5, 0.6) is 0 Å². The smallest absolute Gasteiger partial charge is 0.351 e. The first-order chi connectivity index (χ1) is 13.8. The van der Waals surface area contributed by atoms with Gasteiger partial charge in [0.1, 0.15) is 11.3 Å². The molecule has 0 aromatic carbocycles. The molecule has 4 rings (SSSR count). The summed E-state index contributed by atoms with van der Waals surface area (Å²) in [4.78, 5) is 29.2. The van der Waals surface area contributed by atoms with E-state index in [1.165, 1.54) is 21.2 Å². The summed E-state index contributed by atoms with van der Waals surface area (Å²) in [5.41, 5.74) is -0.270. The van der Waals surface area contributed by atoms with Crippen LogP contribution >= 0.6 is 0 Å². The molecule has 7 nitrogen and oxygen atoms in total. The maximum Gasteiger partial charge on any atom is 0.435 e. The minimum absolute atomic E-state index is 0.0458. The van der Waals surface area contributed by atoms with Crippen LogP contribution in [-0.2, 0) is 12.7 Å². The number of carbonyl (C=O) groups is 1. The van der Waals surface area contributed by atoms with Crippen LogP contribution in [0.2, 0.25) is 0 Å². The van der Waals surface area contributed by atoms with Crippen LogP contribution in [0.1, 0.15) is 53.3 Å². The molecule has 0 bridgehead atoms. The maximum atomic E-state index is 13.1. The van der Waals surface area contributed by atoms with Crippen molar-refractivity contribution >= 4 is 11.6 Å². The number of halogens is 3. The molecule has 3 heterocycles. The van der Waals surface area contributed by atoms with E-state index in [-0.39, 0.29) is 29.5 Å². The van der Waals surface area contributed by atoms with Crippen LogP contribution in [0, 0.1) is 0 Å². The van der Waals surface area contributed by atoms with Crippen LogP contribution in [0.4, 0.5) is 13.2 Å². The molecule has 3 aromatic heterocycles. The Morgan fingerprint density at radius 2 is 2.03 bits per heavy atom. The first-order valence-electron chi connectivity index (χ1n) is 9.22. The standard InChI is InChI=1S/C19H18F3N5O2/c1-2-23-18(29)13-4-3-5-16-24-12(8-17(28)27(13)16)10-26-14(11-6-7-11)9-15(25-26)19(20,21)22/h3-5,8-9,11H,2,6-7,10H2,1H3,(H,23,29). The number of nitrogens with one attached hydrogen (secondary N) is 1. The predicted octanol–water partition coefficient (Wildman–Crippen LogP) is 2.59. The normalized spacial score (nSPS) is 14.3. The first kappa shape index (κ1) is 19.2. The van der Waals surface area contributed by atoms with Crippen molar-refractivity contribution in [1.82, 2.24) is 24.5 Å². The molecule has 1 aliphatic carbocycles. The molecule has 1 amide bonds. The molecule has 29 heavy (non-hydrogen) atoms. The van der Waals surface area contributed by atoms with Gasteiger partial charge in [0.15, 0.2) is 5.69 Å². The van der Waals surface area contributed by atoms with Gasteiger partial charge in [-0.1, -0.05) is 6.07 Å². The molecular formula is C19H18F3N5O2. The summed E-state index contributed by atoms with van der Waals surface area (Å²) in [6.45, 7) is 2.11. The van der Waals surface area contributed by atoms with E-state index in [2.05, 4.69) is 15.4 Å². The number of amides is 1. The molecule has 152 valence electrons. The quantitative estimate of drug-likeness (QED) is 0.708. The van der Waals surface area contributed by atoms with Crippen molar-refractivity contribution in [2.24, 2.45) is 0 Å². The van der Waals surface area contributed by atoms with Crippen molar-refractivity contribution in [1.29, 1.82) is 0 Å². The van der Waals surface area contributed by atoms with Gasteiger partial charge in [0.25, 0.3) is 11.5 Å². The fourth-order valence-corrected chi connectivity index (χ4v) is 3.27. The average molecular weight is 405 g/mol. The van der Waals surface area contributed by atoms with E-state index < -0.39 is 23.3 Å². The first-order valence-corrected chi connectivity index (χ1v) is 9.22. The van der Waals surface area contributed by atoms with Gasteiger partial charge in [0, 0.05) is 24.2 Å². The maximum absolute atomic E-state index is 13.1. The van der Waals surface area contributed by atoms with Crippen LogP contribution in [-0.4, -0.2) is 31.6 Å². The zero-order chi connectivity index (χ0) is 20.8. The number of nitrogens with zero attached hydrogens (tertiary/aromatic N) is 4. The highest BCUT2D eigenvalue weighted by atomic mass is 19.4. The summed E-state index contributed by atoms with van der Waals surface area (Å²) < 4.78 is 41.7. The third-order valence-corrected chi connectivity index (χ3v) is 4.72. The summed E-state index contributed by atoms with van der Waals surface area (Å²) in [6.07, 6.45) is -2.91. The molecule has 0 saturated heterocycles. The summed E-state index contributed by atoms with van der Waals surface area (Å²) in [6, 6.07) is 6.97. The Morgan fingerprint density at radius 3 is 2.69 bits per heavy atom. The lowest BCUT2D eigenvalue weighted by molar-refractivity contribution is -0.141. The predicted molar refractivity (Wildman–Crippen MR) is 97.8 cm³/mol. The largest absolute Gasteiger partial charge is 0.435 e. The van der Waals surface area contributed by atoms with Gasteiger partial charge in [-0.3, -0.25) is 18.7 Å². The number of alkyl halides is 3. The van der Waals surface area contributed by atoms with Crippen LogP contribution < -0.4 is 10.9 Å². The van der Waals surface area contributed by atoms with E-state index in [4.69, 9.17) is 0 Å². The van der Waals surface area contributed by atoms with Crippen molar-refractivity contribution in [3.8, 4) is 0 Å². The van der Waals surface area contributed by atoms with Gasteiger partial charge < -0.3 is 5.32 Å². The Balaban J connectivity index is 1.74. The summed E-state index contributed by atoms with van der Waals surface area (Å²) in [5.74, 6) is -0.364. The highest BCUT2D eigenvalue weighted by Crippen LogP contribution is 2.42. The fourth-order valence-electron chi connectivity index (χ4n) is 3.27. The molecular weight excluding hydrogens is 387 g/mol. The lowest BCUT2D eigenvalue weighted by atomic mass is 10.2. The van der Waals surface area contributed by atoms with Gasteiger partial charge in [0.2, 0.25) is 0 Å². The number of pyridine rings is 1. The van der Waals surface area contributed by atoms with Crippen LogP contribution in [0.25, 0.3) is 5.65 Å². The Bertz CT molecular complexity index is 1140. The zero-order valence-corrected chi connectivity index (χ0v) is 15.5. The minimum atomic E-state index is -4.53. The second-order valence-corrected chi connectivity index (χ2v) is 6.93. The number of hydrogen-bond acceptors (Lipinski definition) is 4. The molecule has 0 unspecified atom stereocenters. The van der Waals surface area contributed by atoms with E-state index in [1.54, 1.807) is 19.1 Å². The number of aromatic nitrogens is 4. The molecule has 0 spiro atoms. The van der Waals surface area contributed by atoms with Crippen LogP contribution in [0.15, 0.2) is 35.1 Å². The molecule has 1 aliphatic rings. The molecule has 1 fully saturated rings. The number of hydrogen-bond donors (Lipinski definition) is 1. The molecule has 3 aromatic rings. The molecule has 1 saturated carbocycles. The van der Waals surface area contributed by atoms with E-state index in [9.17, 15) is 22.8 Å². The van der Waals surface area contributed by atoms with E-state index in [0.29, 0.717) is 12.2 Å². The van der Waals surface area contributed by atoms with Gasteiger partial charge in [-0.2, -0.15) is 18.3 Å². The Hall–Kier alpha value is -3.17. The number of rotatable bonds is 5. The van der Waals surface area contributed by atoms with Gasteiger partial charge >= 0.3 is 6.18 Å². The van der Waals surface area contributed by atoms with Crippen molar-refractivity contribution in [3.63, 3.8) is 0 Å². The third kappa shape index (κ3) is 3.74. The molecule has 0 radical (unpaired) electrons. The molecule has 1 N–H and O–H groups in total. The number of carbonyl (C=O) groups excluding carboxylic acids is 1. The lowest BCUT2D eigenvalue weighted by Gasteiger charge is -2.10. The van der Waals surface area contributed by atoms with Crippen molar-refractivity contribution in [2.45, 2.75) is 38.4 Å². The van der Waals surface area contributed by atoms with E-state index in [1.807, 2.05) is 0 Å². The third-order valence-electron chi connectivity index (χ3n) is 4.72. The van der Waals surface area contributed by atoms with E-state index in [0.717, 1.165) is 18.9 Å². The second-order valence-electron chi connectivity index (χ2n) is 6.93. The number of fused-ring (bicyclic) bond motifs is 1. The van der Waals surface area contributed by atoms with Gasteiger partial charge in [-0.15, -0.1) is 0 Å². The highest BCUT2D eigenvalue weighted by molar-refractivity contribution is 5.93. The minimum Gasteiger partial charge on any atom is -0.351 e. The lowest BCUT2D eigenvalue weighted by Crippen LogP contribution is -2.29. The topological polar surface area (TPSA) is 81.3 Å². The Kier molecular flexibility index (Phi) is 4.64. The SMILES string of the molecule is CCNC(=O)c1cccc2nc(Cn3nc(C(F)(F)F)cc3C3CC3)cc(=O)n12. The Morgan fingerprint density at radius 1 is 1.28 bits per heavy atom. The van der Waals surface area contributed by atoms with Crippen molar-refractivity contribution < 1.29 is 18.0 Å². The van der Waals surface area contributed by atoms with Gasteiger partial charge in [-0.05, 0) is 38.0 Å². The van der Waals surface area contributed by atoms with Crippen molar-refractivity contribution in [3.05, 3.63) is 63.5 Å². The molecule has 0 aliphatic heterocycles. The fraction of sp³-hybridized carbons (Fsp3) is 0.368. The van der Waals surface area contributed by atoms with Gasteiger partial charge in [0.05, 0.1) is 12.2 Å². The summed E-state index contributed by atoms with van der Waals surface area (Å²) >= 11 is 0. The summed E-state index contributed by atoms with van der Waals surface area (Å²) in [7, 11) is 0. The van der Waals surface area contributed by atoms with E-state index >= 15 is 0 Å². The highest BCUT2D eigenvalue weighted by Gasteiger charge is 2.37.